The van der Waals surface area contributed by atoms with E-state index in [1.54, 1.807) is 6.07 Å². The summed E-state index contributed by atoms with van der Waals surface area (Å²) in [5.74, 6) is -4.76. The van der Waals surface area contributed by atoms with Gasteiger partial charge < -0.3 is 10.6 Å². The van der Waals surface area contributed by atoms with Crippen LogP contribution in [0.4, 0.5) is 24.7 Å². The molecule has 1 heterocycles. The molecule has 0 radical (unpaired) electrons. The van der Waals surface area contributed by atoms with E-state index >= 15 is 0 Å². The van der Waals surface area contributed by atoms with Crippen LogP contribution in [0.25, 0.3) is 0 Å². The molecule has 2 aromatic carbocycles. The molecule has 0 atom stereocenters. The van der Waals surface area contributed by atoms with Gasteiger partial charge in [-0.25, -0.2) is 13.2 Å². The third kappa shape index (κ3) is 4.85. The van der Waals surface area contributed by atoms with E-state index in [0.717, 1.165) is 25.0 Å². The first-order valence-corrected chi connectivity index (χ1v) is 8.61. The van der Waals surface area contributed by atoms with Crippen LogP contribution in [-0.2, 0) is 6.42 Å². The SMILES string of the molecule is O=C(Nc1ccc(F)c(F)c1F)c1ccc(NCCCc2ccccc2)nn1. The third-order valence-electron chi connectivity index (χ3n) is 3.97. The van der Waals surface area contributed by atoms with Crippen LogP contribution < -0.4 is 10.6 Å². The minimum Gasteiger partial charge on any atom is -0.369 e. The van der Waals surface area contributed by atoms with Crippen molar-refractivity contribution in [1.82, 2.24) is 10.2 Å². The molecular weight excluding hydrogens is 369 g/mol. The second kappa shape index (κ2) is 8.98. The molecule has 2 N–H and O–H groups in total. The van der Waals surface area contributed by atoms with Gasteiger partial charge in [0, 0.05) is 6.54 Å². The number of benzene rings is 2. The molecule has 0 aliphatic heterocycles. The van der Waals surface area contributed by atoms with Gasteiger partial charge in [0.15, 0.2) is 23.1 Å². The van der Waals surface area contributed by atoms with Crippen LogP contribution >= 0.6 is 0 Å². The normalized spacial score (nSPS) is 10.5. The smallest absolute Gasteiger partial charge is 0.276 e. The summed E-state index contributed by atoms with van der Waals surface area (Å²) in [5.41, 5.74) is 0.680. The van der Waals surface area contributed by atoms with Crippen LogP contribution in [0.2, 0.25) is 0 Å². The van der Waals surface area contributed by atoms with E-state index in [1.807, 2.05) is 18.2 Å². The number of anilines is 2. The summed E-state index contributed by atoms with van der Waals surface area (Å²) in [6, 6.07) is 14.7. The van der Waals surface area contributed by atoms with E-state index in [4.69, 9.17) is 0 Å². The largest absolute Gasteiger partial charge is 0.369 e. The van der Waals surface area contributed by atoms with E-state index < -0.39 is 29.0 Å². The molecule has 144 valence electrons. The van der Waals surface area contributed by atoms with Crippen LogP contribution in [-0.4, -0.2) is 22.6 Å². The van der Waals surface area contributed by atoms with Crippen molar-refractivity contribution in [3.63, 3.8) is 0 Å². The van der Waals surface area contributed by atoms with Gasteiger partial charge in [-0.15, -0.1) is 10.2 Å². The number of amides is 1. The summed E-state index contributed by atoms with van der Waals surface area (Å²) in [6.45, 7) is 0.676. The molecule has 0 unspecified atom stereocenters. The molecule has 0 saturated heterocycles. The fraction of sp³-hybridized carbons (Fsp3) is 0.150. The first kappa shape index (κ1) is 19.3. The molecule has 1 amide bonds. The number of nitrogens with zero attached hydrogens (tertiary/aromatic N) is 2. The molecular formula is C20H17F3N4O. The summed E-state index contributed by atoms with van der Waals surface area (Å²) in [6.07, 6.45) is 1.81. The Bertz CT molecular complexity index is 950. The third-order valence-corrected chi connectivity index (χ3v) is 3.97. The topological polar surface area (TPSA) is 66.9 Å². The van der Waals surface area contributed by atoms with Gasteiger partial charge in [0.2, 0.25) is 0 Å². The summed E-state index contributed by atoms with van der Waals surface area (Å²) >= 11 is 0. The van der Waals surface area contributed by atoms with E-state index in [0.29, 0.717) is 12.4 Å². The number of hydrogen-bond donors (Lipinski definition) is 2. The van der Waals surface area contributed by atoms with Gasteiger partial charge in [0.25, 0.3) is 5.91 Å². The lowest BCUT2D eigenvalue weighted by atomic mass is 10.1. The van der Waals surface area contributed by atoms with Crippen LogP contribution in [0.15, 0.2) is 54.6 Å². The Labute approximate surface area is 159 Å². The van der Waals surface area contributed by atoms with E-state index in [1.165, 1.54) is 11.6 Å². The van der Waals surface area contributed by atoms with Crippen molar-refractivity contribution in [2.45, 2.75) is 12.8 Å². The zero-order chi connectivity index (χ0) is 19.9. The molecule has 0 fully saturated rings. The number of carbonyl (C=O) groups excluding carboxylic acids is 1. The summed E-state index contributed by atoms with van der Waals surface area (Å²) in [7, 11) is 0. The molecule has 8 heteroatoms. The fourth-order valence-electron chi connectivity index (χ4n) is 2.51. The summed E-state index contributed by atoms with van der Waals surface area (Å²) < 4.78 is 39.8. The molecule has 5 nitrogen and oxygen atoms in total. The van der Waals surface area contributed by atoms with Crippen molar-refractivity contribution in [3.05, 3.63) is 83.3 Å². The molecule has 0 aliphatic rings. The van der Waals surface area contributed by atoms with Gasteiger partial charge in [-0.05, 0) is 42.7 Å². The van der Waals surface area contributed by atoms with Crippen LogP contribution in [0.5, 0.6) is 0 Å². The Morgan fingerprint density at radius 2 is 1.68 bits per heavy atom. The summed E-state index contributed by atoms with van der Waals surface area (Å²) in [5, 5.41) is 12.9. The minimum absolute atomic E-state index is 0.0843. The van der Waals surface area contributed by atoms with Crippen LogP contribution in [0, 0.1) is 17.5 Å². The van der Waals surface area contributed by atoms with Gasteiger partial charge in [-0.1, -0.05) is 30.3 Å². The maximum Gasteiger partial charge on any atom is 0.276 e. The van der Waals surface area contributed by atoms with Crippen molar-refractivity contribution in [2.75, 3.05) is 17.2 Å². The minimum atomic E-state index is -1.65. The van der Waals surface area contributed by atoms with Crippen molar-refractivity contribution in [1.29, 1.82) is 0 Å². The van der Waals surface area contributed by atoms with Crippen molar-refractivity contribution < 1.29 is 18.0 Å². The zero-order valence-electron chi connectivity index (χ0n) is 14.8. The second-order valence-corrected chi connectivity index (χ2v) is 6.00. The molecule has 0 saturated carbocycles. The number of rotatable bonds is 7. The second-order valence-electron chi connectivity index (χ2n) is 6.00. The Hall–Kier alpha value is -3.42. The number of aryl methyl sites for hydroxylation is 1. The van der Waals surface area contributed by atoms with Crippen molar-refractivity contribution >= 4 is 17.4 Å². The lowest BCUT2D eigenvalue weighted by Crippen LogP contribution is -2.16. The van der Waals surface area contributed by atoms with Gasteiger partial charge >= 0.3 is 0 Å². The molecule has 3 rings (SSSR count). The number of halogens is 3. The first-order valence-electron chi connectivity index (χ1n) is 8.61. The van der Waals surface area contributed by atoms with Gasteiger partial charge in [0.1, 0.15) is 5.82 Å². The highest BCUT2D eigenvalue weighted by molar-refractivity contribution is 6.02. The zero-order valence-corrected chi connectivity index (χ0v) is 14.8. The van der Waals surface area contributed by atoms with E-state index in [-0.39, 0.29) is 5.69 Å². The van der Waals surface area contributed by atoms with E-state index in [9.17, 15) is 18.0 Å². The maximum atomic E-state index is 13.6. The maximum absolute atomic E-state index is 13.6. The molecule has 3 aromatic rings. The highest BCUT2D eigenvalue weighted by Gasteiger charge is 2.16. The van der Waals surface area contributed by atoms with Gasteiger partial charge in [-0.2, -0.15) is 0 Å². The number of carbonyl (C=O) groups is 1. The highest BCUT2D eigenvalue weighted by atomic mass is 19.2. The van der Waals surface area contributed by atoms with Crippen LogP contribution in [0.3, 0.4) is 0 Å². The monoisotopic (exact) mass is 386 g/mol. The summed E-state index contributed by atoms with van der Waals surface area (Å²) in [4.78, 5) is 12.1. The lowest BCUT2D eigenvalue weighted by molar-refractivity contribution is 0.102. The Morgan fingerprint density at radius 3 is 2.39 bits per heavy atom. The molecule has 0 bridgehead atoms. The number of nitrogens with one attached hydrogen (secondary N) is 2. The Balaban J connectivity index is 1.52. The quantitative estimate of drug-likeness (QED) is 0.472. The Kier molecular flexibility index (Phi) is 6.21. The van der Waals surface area contributed by atoms with Crippen molar-refractivity contribution in [2.24, 2.45) is 0 Å². The molecule has 28 heavy (non-hydrogen) atoms. The standard InChI is InChI=1S/C20H17F3N4O/c21-14-8-9-15(19(23)18(14)22)25-20(28)16-10-11-17(27-26-16)24-12-4-7-13-5-2-1-3-6-13/h1-3,5-6,8-11H,4,7,12H2,(H,24,27)(H,25,28). The lowest BCUT2D eigenvalue weighted by Gasteiger charge is -2.08. The first-order chi connectivity index (χ1) is 13.5. The average molecular weight is 386 g/mol. The average Bonchev–Trinajstić information content (AvgIpc) is 2.73. The number of hydrogen-bond acceptors (Lipinski definition) is 4. The van der Waals surface area contributed by atoms with E-state index in [2.05, 4.69) is 33.0 Å². The highest BCUT2D eigenvalue weighted by Crippen LogP contribution is 2.20. The van der Waals surface area contributed by atoms with Gasteiger partial charge in [-0.3, -0.25) is 4.79 Å². The Morgan fingerprint density at radius 1 is 0.893 bits per heavy atom. The number of aromatic nitrogens is 2. The molecule has 0 spiro atoms. The van der Waals surface area contributed by atoms with Crippen molar-refractivity contribution in [3.8, 4) is 0 Å². The predicted octanol–water partition coefficient (Wildman–Crippen LogP) is 4.19. The van der Waals surface area contributed by atoms with Crippen LogP contribution in [0.1, 0.15) is 22.5 Å². The molecule has 1 aromatic heterocycles. The van der Waals surface area contributed by atoms with Gasteiger partial charge in [0.05, 0.1) is 5.69 Å². The molecule has 0 aliphatic carbocycles. The fourth-order valence-corrected chi connectivity index (χ4v) is 2.51. The predicted molar refractivity (Wildman–Crippen MR) is 99.6 cm³/mol.